The molecule has 6 nitrogen and oxygen atoms in total. The van der Waals surface area contributed by atoms with Gasteiger partial charge in [0, 0.05) is 45.0 Å². The molecule has 0 spiro atoms. The van der Waals surface area contributed by atoms with Gasteiger partial charge in [-0.25, -0.2) is 4.98 Å². The quantitative estimate of drug-likeness (QED) is 0.796. The predicted octanol–water partition coefficient (Wildman–Crippen LogP) is 3.96. The maximum atomic E-state index is 12.3. The van der Waals surface area contributed by atoms with Gasteiger partial charge in [-0.1, -0.05) is 20.8 Å². The second-order valence-corrected chi connectivity index (χ2v) is 8.39. The molecule has 3 heterocycles. The van der Waals surface area contributed by atoms with Gasteiger partial charge in [-0.15, -0.1) is 0 Å². The van der Waals surface area contributed by atoms with Gasteiger partial charge in [-0.05, 0) is 37.8 Å². The molecule has 0 aromatic carbocycles. The first-order chi connectivity index (χ1) is 12.8. The molecule has 0 saturated carbocycles. The number of hydrogen-bond acceptors (Lipinski definition) is 4. The Bertz CT molecular complexity index is 779. The van der Waals surface area contributed by atoms with E-state index in [0.29, 0.717) is 24.0 Å². The number of rotatable bonds is 5. The number of hydrogen-bond donors (Lipinski definition) is 0. The fourth-order valence-corrected chi connectivity index (χ4v) is 3.40. The Morgan fingerprint density at radius 3 is 2.63 bits per heavy atom. The molecule has 1 fully saturated rings. The first-order valence-corrected chi connectivity index (χ1v) is 9.80. The van der Waals surface area contributed by atoms with Crippen LogP contribution in [-0.4, -0.2) is 47.2 Å². The van der Waals surface area contributed by atoms with Gasteiger partial charge in [0.15, 0.2) is 11.5 Å². The number of aromatic nitrogens is 2. The Hall–Kier alpha value is -2.08. The molecule has 0 atom stereocenters. The van der Waals surface area contributed by atoms with Crippen molar-refractivity contribution in [3.63, 3.8) is 0 Å². The number of carbonyl (C=O) groups is 1. The van der Waals surface area contributed by atoms with Crippen LogP contribution in [-0.2, 0) is 16.7 Å². The molecular formula is C21H31N3O3. The lowest BCUT2D eigenvalue weighted by atomic mass is 9.94. The highest BCUT2D eigenvalue weighted by Crippen LogP contribution is 2.29. The number of furan rings is 1. The van der Waals surface area contributed by atoms with Crippen molar-refractivity contribution in [3.8, 4) is 11.5 Å². The van der Waals surface area contributed by atoms with E-state index in [9.17, 15) is 4.79 Å². The van der Waals surface area contributed by atoms with Crippen molar-refractivity contribution in [2.24, 2.45) is 5.92 Å². The van der Waals surface area contributed by atoms with Crippen LogP contribution in [0.2, 0.25) is 0 Å². The maximum absolute atomic E-state index is 12.3. The Labute approximate surface area is 161 Å². The number of nitrogens with zero attached hydrogens (tertiary/aromatic N) is 3. The third-order valence-corrected chi connectivity index (χ3v) is 5.13. The Morgan fingerprint density at radius 1 is 1.30 bits per heavy atom. The Balaban J connectivity index is 1.88. The van der Waals surface area contributed by atoms with Crippen LogP contribution in [0.3, 0.4) is 0 Å². The summed E-state index contributed by atoms with van der Waals surface area (Å²) in [7, 11) is 1.77. The van der Waals surface area contributed by atoms with E-state index in [4.69, 9.17) is 14.1 Å². The van der Waals surface area contributed by atoms with Gasteiger partial charge in [0.1, 0.15) is 11.5 Å². The lowest BCUT2D eigenvalue weighted by molar-refractivity contribution is 0.0607. The molecule has 2 aromatic rings. The van der Waals surface area contributed by atoms with Crippen LogP contribution in [0, 0.1) is 5.92 Å². The van der Waals surface area contributed by atoms with Crippen molar-refractivity contribution in [3.05, 3.63) is 29.9 Å². The summed E-state index contributed by atoms with van der Waals surface area (Å²) in [5, 5.41) is 0. The average molecular weight is 373 g/mol. The highest BCUT2D eigenvalue weighted by molar-refractivity contribution is 5.91. The molecule has 148 valence electrons. The van der Waals surface area contributed by atoms with E-state index in [1.807, 2.05) is 13.0 Å². The number of amides is 1. The van der Waals surface area contributed by atoms with Crippen LogP contribution < -0.4 is 0 Å². The fourth-order valence-electron chi connectivity index (χ4n) is 3.40. The zero-order valence-corrected chi connectivity index (χ0v) is 17.1. The molecule has 0 aliphatic carbocycles. The monoisotopic (exact) mass is 373 g/mol. The molecule has 3 rings (SSSR count). The van der Waals surface area contributed by atoms with E-state index in [0.717, 1.165) is 44.1 Å². The highest BCUT2D eigenvalue weighted by Gasteiger charge is 2.26. The summed E-state index contributed by atoms with van der Waals surface area (Å²) < 4.78 is 13.6. The van der Waals surface area contributed by atoms with Crippen LogP contribution in [0.5, 0.6) is 0 Å². The van der Waals surface area contributed by atoms with Crippen molar-refractivity contribution in [2.45, 2.75) is 52.5 Å². The average Bonchev–Trinajstić information content (AvgIpc) is 3.28. The Kier molecular flexibility index (Phi) is 5.75. The molecule has 2 aromatic heterocycles. The first-order valence-electron chi connectivity index (χ1n) is 9.80. The lowest BCUT2D eigenvalue weighted by Gasteiger charge is -2.25. The van der Waals surface area contributed by atoms with E-state index >= 15 is 0 Å². The SMILES string of the molecule is CCN(C)C(=O)c1ccc(-c2cn(CC3CCOCC3)c(C(C)(C)C)n2)o1. The molecule has 6 heteroatoms. The van der Waals surface area contributed by atoms with Crippen LogP contribution in [0.25, 0.3) is 11.5 Å². The summed E-state index contributed by atoms with van der Waals surface area (Å²) in [6.07, 6.45) is 4.23. The predicted molar refractivity (Wildman–Crippen MR) is 105 cm³/mol. The number of ether oxygens (including phenoxy) is 1. The number of imidazole rings is 1. The van der Waals surface area contributed by atoms with Crippen molar-refractivity contribution >= 4 is 5.91 Å². The van der Waals surface area contributed by atoms with Gasteiger partial charge >= 0.3 is 0 Å². The van der Waals surface area contributed by atoms with E-state index in [2.05, 4.69) is 31.5 Å². The van der Waals surface area contributed by atoms with E-state index < -0.39 is 0 Å². The van der Waals surface area contributed by atoms with Crippen LogP contribution in [0.15, 0.2) is 22.7 Å². The smallest absolute Gasteiger partial charge is 0.289 e. The van der Waals surface area contributed by atoms with Crippen molar-refractivity contribution < 1.29 is 13.9 Å². The Morgan fingerprint density at radius 2 is 2.00 bits per heavy atom. The third kappa shape index (κ3) is 4.43. The first kappa shape index (κ1) is 19.7. The summed E-state index contributed by atoms with van der Waals surface area (Å²) in [5.41, 5.74) is 0.710. The summed E-state index contributed by atoms with van der Waals surface area (Å²) in [6.45, 7) is 11.7. The minimum absolute atomic E-state index is 0.0723. The van der Waals surface area contributed by atoms with Crippen molar-refractivity contribution in [1.29, 1.82) is 0 Å². The van der Waals surface area contributed by atoms with Crippen LogP contribution in [0.4, 0.5) is 0 Å². The normalized spacial score (nSPS) is 15.9. The van der Waals surface area contributed by atoms with E-state index in [-0.39, 0.29) is 11.3 Å². The molecule has 0 bridgehead atoms. The van der Waals surface area contributed by atoms with Crippen LogP contribution in [0.1, 0.15) is 56.9 Å². The standard InChI is InChI=1S/C21H31N3O3/c1-6-23(5)19(25)18-8-7-17(27-18)16-14-24(20(22-16)21(2,3)4)13-15-9-11-26-12-10-15/h7-8,14-15H,6,9-13H2,1-5H3. The zero-order valence-electron chi connectivity index (χ0n) is 17.1. The lowest BCUT2D eigenvalue weighted by Crippen LogP contribution is -2.25. The molecular weight excluding hydrogens is 342 g/mol. The van der Waals surface area contributed by atoms with Gasteiger partial charge in [-0.2, -0.15) is 0 Å². The zero-order chi connectivity index (χ0) is 19.6. The van der Waals surface area contributed by atoms with Crippen molar-refractivity contribution in [2.75, 3.05) is 26.8 Å². The summed E-state index contributed by atoms with van der Waals surface area (Å²) in [5.74, 6) is 2.53. The number of carbonyl (C=O) groups excluding carboxylic acids is 1. The fraction of sp³-hybridized carbons (Fsp3) is 0.619. The molecule has 1 aliphatic heterocycles. The molecule has 0 N–H and O–H groups in total. The van der Waals surface area contributed by atoms with Gasteiger partial charge < -0.3 is 18.6 Å². The molecule has 27 heavy (non-hydrogen) atoms. The molecule has 0 radical (unpaired) electrons. The molecule has 1 aliphatic rings. The maximum Gasteiger partial charge on any atom is 0.289 e. The summed E-state index contributed by atoms with van der Waals surface area (Å²) >= 11 is 0. The highest BCUT2D eigenvalue weighted by atomic mass is 16.5. The van der Waals surface area contributed by atoms with Gasteiger partial charge in [0.25, 0.3) is 5.91 Å². The van der Waals surface area contributed by atoms with E-state index in [1.54, 1.807) is 18.0 Å². The van der Waals surface area contributed by atoms with Crippen LogP contribution >= 0.6 is 0 Å². The summed E-state index contributed by atoms with van der Waals surface area (Å²) in [6, 6.07) is 3.57. The molecule has 1 amide bonds. The largest absolute Gasteiger partial charge is 0.449 e. The van der Waals surface area contributed by atoms with Crippen molar-refractivity contribution in [1.82, 2.24) is 14.5 Å². The van der Waals surface area contributed by atoms with Gasteiger partial charge in [0.2, 0.25) is 0 Å². The van der Waals surface area contributed by atoms with E-state index in [1.165, 1.54) is 0 Å². The molecule has 1 saturated heterocycles. The second-order valence-electron chi connectivity index (χ2n) is 8.39. The van der Waals surface area contributed by atoms with Gasteiger partial charge in [-0.3, -0.25) is 4.79 Å². The minimum atomic E-state index is -0.110. The second kappa shape index (κ2) is 7.89. The third-order valence-electron chi connectivity index (χ3n) is 5.13. The minimum Gasteiger partial charge on any atom is -0.449 e. The molecule has 0 unspecified atom stereocenters. The topological polar surface area (TPSA) is 60.5 Å². The van der Waals surface area contributed by atoms with Gasteiger partial charge in [0.05, 0.1) is 0 Å². The summed E-state index contributed by atoms with van der Waals surface area (Å²) in [4.78, 5) is 18.8.